The van der Waals surface area contributed by atoms with Gasteiger partial charge in [-0.2, -0.15) is 10.2 Å². The van der Waals surface area contributed by atoms with E-state index in [-0.39, 0.29) is 11.8 Å². The zero-order valence-electron chi connectivity index (χ0n) is 17.7. The molecule has 0 rings (SSSR count). The Kier molecular flexibility index (Phi) is 9.76. The van der Waals surface area contributed by atoms with Gasteiger partial charge in [0.2, 0.25) is 13.6 Å². The Hall–Kier alpha value is -2.52. The summed E-state index contributed by atoms with van der Waals surface area (Å²) in [4.78, 5) is 46.8. The molecule has 0 unspecified atom stereocenters. The lowest BCUT2D eigenvalue weighted by Gasteiger charge is -2.21. The van der Waals surface area contributed by atoms with E-state index in [0.29, 0.717) is 0 Å². The summed E-state index contributed by atoms with van der Waals surface area (Å²) in [6, 6.07) is 0. The predicted octanol–water partition coefficient (Wildman–Crippen LogP) is 2.40. The first-order valence-electron chi connectivity index (χ1n) is 8.82. The molecule has 0 aliphatic heterocycles. The Morgan fingerprint density at radius 3 is 1.18 bits per heavy atom. The van der Waals surface area contributed by atoms with Crippen LogP contribution in [0.25, 0.3) is 0 Å². The van der Waals surface area contributed by atoms with Crippen molar-refractivity contribution in [1.82, 2.24) is 0 Å². The van der Waals surface area contributed by atoms with Gasteiger partial charge >= 0.3 is 23.9 Å². The standard InChI is InChI=1S/C18H30N2O8/c1-11(2)13(21)25-9-27-15(23)17(5,6)19-20-18(7,8)16(24)28-10-26-14(22)12(3)4/h11-12H,9-10H2,1-8H3. The summed E-state index contributed by atoms with van der Waals surface area (Å²) in [5, 5.41) is 7.71. The van der Waals surface area contributed by atoms with Gasteiger partial charge in [-0.05, 0) is 27.7 Å². The maximum absolute atomic E-state index is 12.1. The van der Waals surface area contributed by atoms with Crippen molar-refractivity contribution in [3.63, 3.8) is 0 Å². The van der Waals surface area contributed by atoms with Gasteiger partial charge in [-0.25, -0.2) is 9.59 Å². The number of hydrogen-bond acceptors (Lipinski definition) is 10. The molecule has 160 valence electrons. The summed E-state index contributed by atoms with van der Waals surface area (Å²) in [5.74, 6) is -3.29. The molecule has 10 heteroatoms. The SMILES string of the molecule is CC(C)C(=O)OCOC(=O)C(C)(C)N=NC(C)(C)C(=O)OCOC(=O)C(C)C. The number of ether oxygens (including phenoxy) is 4. The molecule has 10 nitrogen and oxygen atoms in total. The lowest BCUT2D eigenvalue weighted by atomic mass is 10.1. The van der Waals surface area contributed by atoms with Crippen molar-refractivity contribution >= 4 is 23.9 Å². The summed E-state index contributed by atoms with van der Waals surface area (Å²) in [6.45, 7) is 11.2. The van der Waals surface area contributed by atoms with E-state index < -0.39 is 48.5 Å². The number of carbonyl (C=O) groups excluding carboxylic acids is 4. The van der Waals surface area contributed by atoms with Crippen LogP contribution in [0, 0.1) is 11.8 Å². The van der Waals surface area contributed by atoms with Gasteiger partial charge in [0, 0.05) is 0 Å². The molecule has 0 fully saturated rings. The van der Waals surface area contributed by atoms with Gasteiger partial charge in [-0.15, -0.1) is 0 Å². The van der Waals surface area contributed by atoms with E-state index in [1.165, 1.54) is 27.7 Å². The number of esters is 4. The van der Waals surface area contributed by atoms with Gasteiger partial charge in [0.1, 0.15) is 0 Å². The van der Waals surface area contributed by atoms with E-state index in [1.807, 2.05) is 0 Å². The number of rotatable bonds is 10. The molecule has 0 aromatic rings. The Morgan fingerprint density at radius 2 is 0.929 bits per heavy atom. The molecule has 0 saturated heterocycles. The average molecular weight is 402 g/mol. The van der Waals surface area contributed by atoms with Crippen LogP contribution in [0.5, 0.6) is 0 Å². The van der Waals surface area contributed by atoms with E-state index in [9.17, 15) is 19.2 Å². The molecule has 0 amide bonds. The van der Waals surface area contributed by atoms with E-state index >= 15 is 0 Å². The van der Waals surface area contributed by atoms with E-state index in [0.717, 1.165) is 0 Å². The molecule has 0 aromatic heterocycles. The van der Waals surface area contributed by atoms with Crippen LogP contribution in [0.1, 0.15) is 55.4 Å². The summed E-state index contributed by atoms with van der Waals surface area (Å²) in [7, 11) is 0. The molecule has 0 radical (unpaired) electrons. The van der Waals surface area contributed by atoms with Crippen molar-refractivity contribution in [3.05, 3.63) is 0 Å². The molecule has 0 saturated carbocycles. The van der Waals surface area contributed by atoms with Crippen LogP contribution in [0.4, 0.5) is 0 Å². The van der Waals surface area contributed by atoms with Crippen LogP contribution in [0.3, 0.4) is 0 Å². The molecule has 0 spiro atoms. The van der Waals surface area contributed by atoms with E-state index in [1.54, 1.807) is 27.7 Å². The number of azo groups is 1. The third kappa shape index (κ3) is 8.92. The summed E-state index contributed by atoms with van der Waals surface area (Å²) < 4.78 is 19.2. The maximum Gasteiger partial charge on any atom is 0.338 e. The zero-order valence-corrected chi connectivity index (χ0v) is 17.7. The topological polar surface area (TPSA) is 130 Å². The fraction of sp³-hybridized carbons (Fsp3) is 0.778. The van der Waals surface area contributed by atoms with Gasteiger partial charge in [0.15, 0.2) is 11.1 Å². The van der Waals surface area contributed by atoms with Crippen molar-refractivity contribution in [1.29, 1.82) is 0 Å². The van der Waals surface area contributed by atoms with Crippen LogP contribution < -0.4 is 0 Å². The van der Waals surface area contributed by atoms with Crippen LogP contribution in [-0.4, -0.2) is 48.5 Å². The minimum absolute atomic E-state index is 0.349. The van der Waals surface area contributed by atoms with Crippen LogP contribution in [0.2, 0.25) is 0 Å². The Labute approximate surface area is 164 Å². The van der Waals surface area contributed by atoms with E-state index in [4.69, 9.17) is 18.9 Å². The van der Waals surface area contributed by atoms with Gasteiger partial charge < -0.3 is 18.9 Å². The number of carbonyl (C=O) groups is 4. The molecular formula is C18H30N2O8. The third-order valence-electron chi connectivity index (χ3n) is 3.27. The second-order valence-electron chi connectivity index (χ2n) is 7.65. The fourth-order valence-electron chi connectivity index (χ4n) is 1.30. The Morgan fingerprint density at radius 1 is 0.643 bits per heavy atom. The first kappa shape index (κ1) is 25.5. The largest absolute Gasteiger partial charge is 0.428 e. The smallest absolute Gasteiger partial charge is 0.338 e. The van der Waals surface area contributed by atoms with Crippen molar-refractivity contribution in [2.24, 2.45) is 22.1 Å². The molecule has 0 atom stereocenters. The fourth-order valence-corrected chi connectivity index (χ4v) is 1.30. The Bertz CT molecular complexity index is 557. The summed E-state index contributed by atoms with van der Waals surface area (Å²) in [6.07, 6.45) is 0. The highest BCUT2D eigenvalue weighted by molar-refractivity contribution is 5.81. The van der Waals surface area contributed by atoms with Crippen molar-refractivity contribution < 1.29 is 38.1 Å². The summed E-state index contributed by atoms with van der Waals surface area (Å²) in [5.41, 5.74) is -2.85. The first-order chi connectivity index (χ1) is 12.7. The number of hydrogen-bond donors (Lipinski definition) is 0. The molecule has 0 aliphatic rings. The molecule has 0 bridgehead atoms. The van der Waals surface area contributed by atoms with Crippen molar-refractivity contribution in [3.8, 4) is 0 Å². The Balaban J connectivity index is 4.68. The van der Waals surface area contributed by atoms with Gasteiger partial charge in [-0.1, -0.05) is 27.7 Å². The quantitative estimate of drug-likeness (QED) is 0.309. The van der Waals surface area contributed by atoms with Gasteiger partial charge in [-0.3, -0.25) is 9.59 Å². The predicted molar refractivity (Wildman–Crippen MR) is 96.8 cm³/mol. The van der Waals surface area contributed by atoms with Crippen molar-refractivity contribution in [2.45, 2.75) is 66.5 Å². The lowest BCUT2D eigenvalue weighted by molar-refractivity contribution is -0.174. The normalized spacial score (nSPS) is 12.2. The lowest BCUT2D eigenvalue weighted by Crippen LogP contribution is -2.36. The molecular weight excluding hydrogens is 372 g/mol. The van der Waals surface area contributed by atoms with Crippen molar-refractivity contribution in [2.75, 3.05) is 13.6 Å². The molecule has 0 N–H and O–H groups in total. The monoisotopic (exact) mass is 402 g/mol. The summed E-state index contributed by atoms with van der Waals surface area (Å²) >= 11 is 0. The zero-order chi connectivity index (χ0) is 22.1. The number of nitrogens with zero attached hydrogens (tertiary/aromatic N) is 2. The minimum Gasteiger partial charge on any atom is -0.428 e. The third-order valence-corrected chi connectivity index (χ3v) is 3.27. The highest BCUT2D eigenvalue weighted by Gasteiger charge is 2.34. The molecule has 28 heavy (non-hydrogen) atoms. The van der Waals surface area contributed by atoms with Crippen LogP contribution in [-0.2, 0) is 38.1 Å². The van der Waals surface area contributed by atoms with Gasteiger partial charge in [0.25, 0.3) is 0 Å². The van der Waals surface area contributed by atoms with Gasteiger partial charge in [0.05, 0.1) is 11.8 Å². The second kappa shape index (κ2) is 10.7. The highest BCUT2D eigenvalue weighted by Crippen LogP contribution is 2.19. The maximum atomic E-state index is 12.1. The average Bonchev–Trinajstić information content (AvgIpc) is 2.59. The highest BCUT2D eigenvalue weighted by atomic mass is 16.7. The first-order valence-corrected chi connectivity index (χ1v) is 8.82. The minimum atomic E-state index is -1.42. The molecule has 0 aromatic carbocycles. The second-order valence-corrected chi connectivity index (χ2v) is 7.65. The van der Waals surface area contributed by atoms with Crippen LogP contribution in [0.15, 0.2) is 10.2 Å². The van der Waals surface area contributed by atoms with E-state index in [2.05, 4.69) is 10.2 Å². The van der Waals surface area contributed by atoms with Crippen LogP contribution >= 0.6 is 0 Å². The molecule has 0 aliphatic carbocycles. The molecule has 0 heterocycles.